The Labute approximate surface area is 174 Å². The summed E-state index contributed by atoms with van der Waals surface area (Å²) in [5, 5.41) is 19.5. The first-order valence-corrected chi connectivity index (χ1v) is 11.2. The number of hydrogen-bond acceptors (Lipinski definition) is 3. The highest BCUT2D eigenvalue weighted by atomic mass is 32.1. The van der Waals surface area contributed by atoms with Crippen molar-refractivity contribution in [3.8, 4) is 5.69 Å². The lowest BCUT2D eigenvalue weighted by Crippen LogP contribution is -2.38. The third-order valence-corrected chi connectivity index (χ3v) is 7.60. The van der Waals surface area contributed by atoms with Crippen LogP contribution in [0.1, 0.15) is 55.5 Å². The first-order chi connectivity index (χ1) is 14.0. The van der Waals surface area contributed by atoms with Crippen LogP contribution in [0.25, 0.3) is 11.8 Å². The number of halogens is 1. The molecule has 2 aliphatic rings. The van der Waals surface area contributed by atoms with E-state index in [-0.39, 0.29) is 11.2 Å². The minimum absolute atomic E-state index is 0.0545. The van der Waals surface area contributed by atoms with Crippen molar-refractivity contribution >= 4 is 17.4 Å². The van der Waals surface area contributed by atoms with Crippen LogP contribution in [-0.2, 0) is 6.42 Å². The summed E-state index contributed by atoms with van der Waals surface area (Å²) in [6, 6.07) is 8.53. The van der Waals surface area contributed by atoms with E-state index in [2.05, 4.69) is 23.5 Å². The first-order valence-electron chi connectivity index (χ1n) is 10.3. The molecule has 0 aliphatic heterocycles. The molecule has 3 atom stereocenters. The number of nitrogens with zero attached hydrogens (tertiary/aromatic N) is 2. The summed E-state index contributed by atoms with van der Waals surface area (Å²) in [6.07, 6.45) is 9.00. The van der Waals surface area contributed by atoms with Gasteiger partial charge in [0.15, 0.2) is 0 Å². The molecule has 1 N–H and O–H groups in total. The molecule has 0 radical (unpaired) electrons. The molecular formula is C24H25FN2OS. The molecule has 150 valence electrons. The van der Waals surface area contributed by atoms with Crippen molar-refractivity contribution in [2.75, 3.05) is 0 Å². The Hall–Kier alpha value is -2.24. The minimum atomic E-state index is -0.397. The van der Waals surface area contributed by atoms with Gasteiger partial charge in [0.2, 0.25) is 0 Å². The Morgan fingerprint density at radius 3 is 2.90 bits per heavy atom. The maximum atomic E-state index is 13.3. The van der Waals surface area contributed by atoms with Crippen molar-refractivity contribution < 1.29 is 9.50 Å². The maximum Gasteiger partial charge on any atom is 0.123 e. The van der Waals surface area contributed by atoms with Crippen LogP contribution < -0.4 is 0 Å². The summed E-state index contributed by atoms with van der Waals surface area (Å²) in [6.45, 7) is 2.36. The van der Waals surface area contributed by atoms with Crippen molar-refractivity contribution in [2.45, 2.75) is 45.1 Å². The number of allylic oxidation sites excluding steroid dienone is 1. The third kappa shape index (κ3) is 3.26. The topological polar surface area (TPSA) is 38.0 Å². The van der Waals surface area contributed by atoms with Gasteiger partial charge < -0.3 is 5.11 Å². The molecule has 0 bridgehead atoms. The summed E-state index contributed by atoms with van der Waals surface area (Å²) in [4.78, 5) is 0. The average Bonchev–Trinajstić information content (AvgIpc) is 3.37. The number of rotatable bonds is 4. The van der Waals surface area contributed by atoms with Gasteiger partial charge in [-0.1, -0.05) is 12.5 Å². The van der Waals surface area contributed by atoms with Gasteiger partial charge in [0.05, 0.1) is 23.7 Å². The summed E-state index contributed by atoms with van der Waals surface area (Å²) in [5.74, 6) is 0.208. The molecule has 1 aromatic carbocycles. The van der Waals surface area contributed by atoms with Crippen LogP contribution in [0.4, 0.5) is 4.39 Å². The molecule has 5 heteroatoms. The molecule has 0 saturated heterocycles. The van der Waals surface area contributed by atoms with Crippen LogP contribution in [0.5, 0.6) is 0 Å². The van der Waals surface area contributed by atoms with Gasteiger partial charge in [-0.3, -0.25) is 0 Å². The fourth-order valence-electron chi connectivity index (χ4n) is 5.18. The van der Waals surface area contributed by atoms with E-state index < -0.39 is 6.10 Å². The van der Waals surface area contributed by atoms with E-state index in [0.29, 0.717) is 5.92 Å². The second-order valence-corrected chi connectivity index (χ2v) is 9.38. The lowest BCUT2D eigenvalue weighted by atomic mass is 9.58. The molecule has 1 fully saturated rings. The van der Waals surface area contributed by atoms with Crippen molar-refractivity contribution in [1.29, 1.82) is 0 Å². The molecule has 29 heavy (non-hydrogen) atoms. The zero-order valence-corrected chi connectivity index (χ0v) is 17.3. The minimum Gasteiger partial charge on any atom is -0.388 e. The van der Waals surface area contributed by atoms with Crippen LogP contribution in [0.3, 0.4) is 0 Å². The second kappa shape index (κ2) is 7.22. The Bertz CT molecular complexity index is 1040. The zero-order valence-electron chi connectivity index (χ0n) is 16.5. The highest BCUT2D eigenvalue weighted by molar-refractivity contribution is 7.07. The monoisotopic (exact) mass is 408 g/mol. The SMILES string of the molecule is C[C@]12Cc3cnn(-c4ccc(F)cc4)c3C=C1CCC[C@@H]2C[C@H](O)c1ccsc1. The summed E-state index contributed by atoms with van der Waals surface area (Å²) >= 11 is 1.64. The predicted octanol–water partition coefficient (Wildman–Crippen LogP) is 5.94. The third-order valence-electron chi connectivity index (χ3n) is 6.90. The summed E-state index contributed by atoms with van der Waals surface area (Å²) < 4.78 is 15.2. The number of aliphatic hydroxyl groups excluding tert-OH is 1. The van der Waals surface area contributed by atoms with Gasteiger partial charge in [0.25, 0.3) is 0 Å². The standard InChI is InChI=1S/C24H25FN2OS/c1-24-13-17-14-26-27(21-7-5-20(25)6-8-21)22(17)11-18(24)3-2-4-19(24)12-23(28)16-9-10-29-15-16/h5-11,14-15,19,23,28H,2-4,12-13H2,1H3/t19-,23+,24+/m1/s1. The van der Waals surface area contributed by atoms with E-state index >= 15 is 0 Å². The first kappa shape index (κ1) is 18.8. The van der Waals surface area contributed by atoms with E-state index in [1.54, 1.807) is 23.5 Å². The Morgan fingerprint density at radius 2 is 2.14 bits per heavy atom. The normalized spacial score (nSPS) is 24.5. The van der Waals surface area contributed by atoms with Gasteiger partial charge in [-0.05, 0) is 102 Å². The highest BCUT2D eigenvalue weighted by Gasteiger charge is 2.44. The van der Waals surface area contributed by atoms with Crippen LogP contribution in [0.2, 0.25) is 0 Å². The highest BCUT2D eigenvalue weighted by Crippen LogP contribution is 2.53. The Balaban J connectivity index is 1.46. The number of fused-ring (bicyclic) bond motifs is 2. The average molecular weight is 409 g/mol. The van der Waals surface area contributed by atoms with Crippen molar-refractivity contribution in [3.05, 3.63) is 75.5 Å². The van der Waals surface area contributed by atoms with Crippen molar-refractivity contribution in [1.82, 2.24) is 9.78 Å². The van der Waals surface area contributed by atoms with Gasteiger partial charge in [0.1, 0.15) is 5.82 Å². The molecule has 2 aliphatic carbocycles. The quantitative estimate of drug-likeness (QED) is 0.580. The zero-order chi connectivity index (χ0) is 20.0. The van der Waals surface area contributed by atoms with Crippen molar-refractivity contribution in [3.63, 3.8) is 0 Å². The van der Waals surface area contributed by atoms with Gasteiger partial charge in [-0.15, -0.1) is 0 Å². The lowest BCUT2D eigenvalue weighted by molar-refractivity contribution is 0.0836. The van der Waals surface area contributed by atoms with E-state index in [0.717, 1.165) is 49.0 Å². The van der Waals surface area contributed by atoms with Crippen LogP contribution >= 0.6 is 11.3 Å². The van der Waals surface area contributed by atoms with E-state index in [9.17, 15) is 9.50 Å². The molecule has 2 heterocycles. The van der Waals surface area contributed by atoms with Gasteiger partial charge in [0, 0.05) is 0 Å². The molecular weight excluding hydrogens is 383 g/mol. The molecule has 0 amide bonds. The molecule has 0 unspecified atom stereocenters. The molecule has 2 aromatic heterocycles. The molecule has 3 aromatic rings. The summed E-state index contributed by atoms with van der Waals surface area (Å²) in [5.41, 5.74) is 5.78. The number of aromatic nitrogens is 2. The number of aliphatic hydroxyl groups is 1. The van der Waals surface area contributed by atoms with Crippen molar-refractivity contribution in [2.24, 2.45) is 11.3 Å². The van der Waals surface area contributed by atoms with E-state index in [4.69, 9.17) is 0 Å². The largest absolute Gasteiger partial charge is 0.388 e. The van der Waals surface area contributed by atoms with E-state index in [1.165, 1.54) is 23.3 Å². The lowest BCUT2D eigenvalue weighted by Gasteiger charge is -2.46. The summed E-state index contributed by atoms with van der Waals surface area (Å²) in [7, 11) is 0. The Kier molecular flexibility index (Phi) is 4.67. The number of hydrogen-bond donors (Lipinski definition) is 1. The number of thiophene rings is 1. The maximum absolute atomic E-state index is 13.3. The fourth-order valence-corrected chi connectivity index (χ4v) is 5.89. The van der Waals surface area contributed by atoms with Gasteiger partial charge >= 0.3 is 0 Å². The van der Waals surface area contributed by atoms with Crippen LogP contribution in [0, 0.1) is 17.2 Å². The smallest absolute Gasteiger partial charge is 0.123 e. The van der Waals surface area contributed by atoms with Gasteiger partial charge in [-0.25, -0.2) is 9.07 Å². The number of benzene rings is 1. The Morgan fingerprint density at radius 1 is 1.31 bits per heavy atom. The van der Waals surface area contributed by atoms with Crippen LogP contribution in [-0.4, -0.2) is 14.9 Å². The molecule has 3 nitrogen and oxygen atoms in total. The van der Waals surface area contributed by atoms with Crippen LogP contribution in [0.15, 0.2) is 52.9 Å². The predicted molar refractivity (Wildman–Crippen MR) is 115 cm³/mol. The second-order valence-electron chi connectivity index (χ2n) is 8.60. The van der Waals surface area contributed by atoms with E-state index in [1.807, 2.05) is 22.3 Å². The molecule has 5 rings (SSSR count). The van der Waals surface area contributed by atoms with Gasteiger partial charge in [-0.2, -0.15) is 16.4 Å². The fraction of sp³-hybridized carbons (Fsp3) is 0.375. The molecule has 0 spiro atoms. The molecule has 1 saturated carbocycles.